The van der Waals surface area contributed by atoms with Crippen LogP contribution in [-0.4, -0.2) is 23.1 Å². The Morgan fingerprint density at radius 1 is 1.30 bits per heavy atom. The van der Waals surface area contributed by atoms with Crippen molar-refractivity contribution in [2.45, 2.75) is 45.1 Å². The maximum absolute atomic E-state index is 11.9. The average molecular weight is 276 g/mol. The molecule has 0 saturated heterocycles. The molecule has 3 N–H and O–H groups in total. The van der Waals surface area contributed by atoms with Crippen LogP contribution in [0.2, 0.25) is 0 Å². The molecule has 0 bridgehead atoms. The van der Waals surface area contributed by atoms with E-state index in [1.54, 1.807) is 6.92 Å². The van der Waals surface area contributed by atoms with Crippen molar-refractivity contribution < 1.29 is 14.7 Å². The minimum Gasteiger partial charge on any atom is -0.480 e. The van der Waals surface area contributed by atoms with Crippen molar-refractivity contribution in [2.75, 3.05) is 5.32 Å². The van der Waals surface area contributed by atoms with Crippen molar-refractivity contribution in [3.8, 4) is 0 Å². The number of hydrogen-bond donors (Lipinski definition) is 3. The molecule has 1 aliphatic rings. The summed E-state index contributed by atoms with van der Waals surface area (Å²) in [5.74, 6) is -1.02. The van der Waals surface area contributed by atoms with Gasteiger partial charge in [0.15, 0.2) is 0 Å². The molecule has 2 rings (SSSR count). The summed E-state index contributed by atoms with van der Waals surface area (Å²) in [7, 11) is 0. The number of carboxylic acid groups (broad SMARTS) is 1. The van der Waals surface area contributed by atoms with Crippen molar-refractivity contribution in [1.82, 2.24) is 5.32 Å². The fraction of sp³-hybridized carbons (Fsp3) is 0.467. The minimum absolute atomic E-state index is 0.357. The third-order valence-electron chi connectivity index (χ3n) is 3.66. The van der Waals surface area contributed by atoms with Crippen LogP contribution in [0.5, 0.6) is 0 Å². The largest absolute Gasteiger partial charge is 0.480 e. The molecule has 108 valence electrons. The van der Waals surface area contributed by atoms with Gasteiger partial charge in [-0.1, -0.05) is 19.1 Å². The topological polar surface area (TPSA) is 78.4 Å². The summed E-state index contributed by atoms with van der Waals surface area (Å²) in [5, 5.41) is 14.2. The quantitative estimate of drug-likeness (QED) is 0.790. The van der Waals surface area contributed by atoms with E-state index in [1.807, 2.05) is 12.1 Å². The Kier molecular flexibility index (Phi) is 4.61. The first-order valence-electron chi connectivity index (χ1n) is 7.03. The lowest BCUT2D eigenvalue weighted by Gasteiger charge is -2.20. The van der Waals surface area contributed by atoms with Crippen molar-refractivity contribution in [3.63, 3.8) is 0 Å². The van der Waals surface area contributed by atoms with E-state index in [0.717, 1.165) is 24.9 Å². The second kappa shape index (κ2) is 6.41. The Morgan fingerprint density at radius 3 is 2.75 bits per heavy atom. The van der Waals surface area contributed by atoms with Gasteiger partial charge in [-0.05, 0) is 49.3 Å². The van der Waals surface area contributed by atoms with E-state index in [1.165, 1.54) is 17.5 Å². The smallest absolute Gasteiger partial charge is 0.326 e. The number of carbonyl (C=O) groups is 2. The summed E-state index contributed by atoms with van der Waals surface area (Å²) < 4.78 is 0. The highest BCUT2D eigenvalue weighted by atomic mass is 16.4. The molecule has 1 aromatic rings. The summed E-state index contributed by atoms with van der Waals surface area (Å²) in [6.45, 7) is 1.73. The minimum atomic E-state index is -1.02. The number of carboxylic acids is 1. The molecule has 0 aromatic heterocycles. The van der Waals surface area contributed by atoms with Crippen LogP contribution in [0.3, 0.4) is 0 Å². The van der Waals surface area contributed by atoms with Crippen LogP contribution < -0.4 is 10.6 Å². The van der Waals surface area contributed by atoms with Crippen LogP contribution in [0.25, 0.3) is 0 Å². The van der Waals surface area contributed by atoms with Gasteiger partial charge in [0.25, 0.3) is 0 Å². The number of hydrogen-bond acceptors (Lipinski definition) is 2. The highest BCUT2D eigenvalue weighted by Gasteiger charge is 2.19. The van der Waals surface area contributed by atoms with E-state index < -0.39 is 18.0 Å². The van der Waals surface area contributed by atoms with Crippen molar-refractivity contribution in [2.24, 2.45) is 0 Å². The fourth-order valence-corrected chi connectivity index (χ4v) is 2.55. The van der Waals surface area contributed by atoms with Crippen molar-refractivity contribution in [1.29, 1.82) is 0 Å². The fourth-order valence-electron chi connectivity index (χ4n) is 2.55. The predicted molar refractivity (Wildman–Crippen MR) is 77.0 cm³/mol. The van der Waals surface area contributed by atoms with Gasteiger partial charge >= 0.3 is 12.0 Å². The molecule has 20 heavy (non-hydrogen) atoms. The van der Waals surface area contributed by atoms with Crippen LogP contribution in [0.4, 0.5) is 10.5 Å². The zero-order valence-electron chi connectivity index (χ0n) is 11.6. The van der Waals surface area contributed by atoms with Crippen molar-refractivity contribution >= 4 is 17.7 Å². The molecule has 0 heterocycles. The molecule has 1 unspecified atom stereocenters. The van der Waals surface area contributed by atoms with E-state index >= 15 is 0 Å². The Balaban J connectivity index is 2.06. The van der Waals surface area contributed by atoms with E-state index in [-0.39, 0.29) is 0 Å². The Hall–Kier alpha value is -2.04. The number of urea groups is 1. The molecule has 1 aliphatic carbocycles. The normalized spacial score (nSPS) is 15.1. The maximum Gasteiger partial charge on any atom is 0.326 e. The number of anilines is 1. The van der Waals surface area contributed by atoms with Gasteiger partial charge in [0.2, 0.25) is 0 Å². The van der Waals surface area contributed by atoms with Gasteiger partial charge in [-0.3, -0.25) is 0 Å². The summed E-state index contributed by atoms with van der Waals surface area (Å²) in [5.41, 5.74) is 3.25. The zero-order chi connectivity index (χ0) is 14.5. The van der Waals surface area contributed by atoms with Crippen LogP contribution in [0, 0.1) is 0 Å². The highest BCUT2D eigenvalue weighted by molar-refractivity contribution is 5.93. The van der Waals surface area contributed by atoms with Gasteiger partial charge in [-0.2, -0.15) is 0 Å². The molecule has 0 radical (unpaired) electrons. The molecule has 0 aliphatic heterocycles. The SMILES string of the molecule is CCC(NC(=O)Nc1cccc2c1CCCC2)C(=O)O. The van der Waals surface area contributed by atoms with Crippen LogP contribution in [0.15, 0.2) is 18.2 Å². The number of amides is 2. The Bertz CT molecular complexity index is 514. The number of carbonyl (C=O) groups excluding carboxylic acids is 1. The molecule has 0 fully saturated rings. The lowest BCUT2D eigenvalue weighted by molar-refractivity contribution is -0.139. The third-order valence-corrected chi connectivity index (χ3v) is 3.66. The molecule has 5 heteroatoms. The molecule has 0 saturated carbocycles. The van der Waals surface area contributed by atoms with Crippen LogP contribution in [0.1, 0.15) is 37.3 Å². The lowest BCUT2D eigenvalue weighted by Crippen LogP contribution is -2.42. The molecule has 0 spiro atoms. The van der Waals surface area contributed by atoms with Crippen LogP contribution in [-0.2, 0) is 17.6 Å². The van der Waals surface area contributed by atoms with E-state index in [2.05, 4.69) is 16.7 Å². The number of aryl methyl sites for hydroxylation is 1. The summed E-state index contributed by atoms with van der Waals surface area (Å²) in [4.78, 5) is 22.8. The molecule has 1 aromatic carbocycles. The van der Waals surface area contributed by atoms with Gasteiger partial charge in [0.1, 0.15) is 6.04 Å². The van der Waals surface area contributed by atoms with Gasteiger partial charge in [0, 0.05) is 5.69 Å². The Morgan fingerprint density at radius 2 is 2.05 bits per heavy atom. The molecule has 1 atom stereocenters. The zero-order valence-corrected chi connectivity index (χ0v) is 11.6. The maximum atomic E-state index is 11.9. The first-order chi connectivity index (χ1) is 9.61. The van der Waals surface area contributed by atoms with E-state index in [9.17, 15) is 9.59 Å². The van der Waals surface area contributed by atoms with Gasteiger partial charge in [-0.15, -0.1) is 0 Å². The second-order valence-electron chi connectivity index (χ2n) is 5.05. The van der Waals surface area contributed by atoms with E-state index in [0.29, 0.717) is 6.42 Å². The number of nitrogens with one attached hydrogen (secondary N) is 2. The average Bonchev–Trinajstić information content (AvgIpc) is 2.45. The van der Waals surface area contributed by atoms with E-state index in [4.69, 9.17) is 5.11 Å². The lowest BCUT2D eigenvalue weighted by atomic mass is 9.90. The van der Waals surface area contributed by atoms with Crippen molar-refractivity contribution in [3.05, 3.63) is 29.3 Å². The van der Waals surface area contributed by atoms with Crippen LogP contribution >= 0.6 is 0 Å². The third kappa shape index (κ3) is 3.29. The molecule has 2 amide bonds. The molecule has 5 nitrogen and oxygen atoms in total. The highest BCUT2D eigenvalue weighted by Crippen LogP contribution is 2.27. The first kappa shape index (κ1) is 14.4. The van der Waals surface area contributed by atoms with Gasteiger partial charge in [-0.25, -0.2) is 9.59 Å². The first-order valence-corrected chi connectivity index (χ1v) is 7.03. The number of fused-ring (bicyclic) bond motifs is 1. The van der Waals surface area contributed by atoms with Gasteiger partial charge < -0.3 is 15.7 Å². The molecular weight excluding hydrogens is 256 g/mol. The van der Waals surface area contributed by atoms with Gasteiger partial charge in [0.05, 0.1) is 0 Å². The Labute approximate surface area is 118 Å². The second-order valence-corrected chi connectivity index (χ2v) is 5.05. The summed E-state index contributed by atoms with van der Waals surface area (Å²) >= 11 is 0. The molecular formula is C15H20N2O3. The predicted octanol–water partition coefficient (Wildman–Crippen LogP) is 2.55. The number of benzene rings is 1. The summed E-state index contributed by atoms with van der Waals surface area (Å²) in [6, 6.07) is 4.57. The standard InChI is InChI=1S/C15H20N2O3/c1-2-12(14(18)19)16-15(20)17-13-9-5-7-10-6-3-4-8-11(10)13/h5,7,9,12H,2-4,6,8H2,1H3,(H,18,19)(H2,16,17,20). The monoisotopic (exact) mass is 276 g/mol. The number of rotatable bonds is 4. The number of aliphatic carboxylic acids is 1. The summed E-state index contributed by atoms with van der Waals surface area (Å²) in [6.07, 6.45) is 4.66.